The molecule has 2 heterocycles. The average Bonchev–Trinajstić information content (AvgIpc) is 2.85. The van der Waals surface area contributed by atoms with Gasteiger partial charge in [-0.2, -0.15) is 5.26 Å². The van der Waals surface area contributed by atoms with Gasteiger partial charge in [-0.3, -0.25) is 14.7 Å². The Hall–Kier alpha value is -4.24. The van der Waals surface area contributed by atoms with Gasteiger partial charge in [-0.1, -0.05) is 42.5 Å². The Bertz CT molecular complexity index is 1310. The van der Waals surface area contributed by atoms with Crippen LogP contribution in [0.25, 0.3) is 0 Å². The second kappa shape index (κ2) is 8.36. The molecule has 0 fully saturated rings. The van der Waals surface area contributed by atoms with E-state index in [2.05, 4.69) is 11.1 Å². The molecule has 2 atom stereocenters. The number of Topliss-reactive ketones (excluding diaryl/α,β-unsaturated/α-hetero) is 1. The number of pyridine rings is 1. The first-order chi connectivity index (χ1) is 16.1. The highest BCUT2D eigenvalue weighted by atomic mass is 19.1. The van der Waals surface area contributed by atoms with Crippen molar-refractivity contribution < 1.29 is 9.18 Å². The number of benzene rings is 2. The third-order valence-corrected chi connectivity index (χ3v) is 6.35. The Kier molecular flexibility index (Phi) is 5.23. The van der Waals surface area contributed by atoms with Crippen molar-refractivity contribution in [3.63, 3.8) is 0 Å². The quantitative estimate of drug-likeness (QED) is 0.630. The van der Waals surface area contributed by atoms with E-state index >= 15 is 0 Å². The molecule has 2 N–H and O–H groups in total. The van der Waals surface area contributed by atoms with Crippen LogP contribution in [-0.4, -0.2) is 10.8 Å². The number of anilines is 1. The number of ketones is 1. The molecule has 2 aliphatic rings. The SMILES string of the molecule is N#CC1=C(N)N(c2cccnc2)C2=C(C(=O)C[C@@H](c3ccccc3)C2)[C@@H]1c1ccc(F)cc1. The molecule has 0 unspecified atom stereocenters. The number of nitrogens with zero attached hydrogens (tertiary/aromatic N) is 3. The number of hydrogen-bond donors (Lipinski definition) is 1. The summed E-state index contributed by atoms with van der Waals surface area (Å²) in [7, 11) is 0. The van der Waals surface area contributed by atoms with Crippen molar-refractivity contribution in [3.8, 4) is 6.07 Å². The second-order valence-electron chi connectivity index (χ2n) is 8.24. The summed E-state index contributed by atoms with van der Waals surface area (Å²) in [6, 6.07) is 21.7. The number of nitriles is 1. The van der Waals surface area contributed by atoms with Gasteiger partial charge in [0, 0.05) is 23.9 Å². The molecule has 1 aliphatic heterocycles. The molecule has 0 bridgehead atoms. The van der Waals surface area contributed by atoms with Gasteiger partial charge in [0.1, 0.15) is 11.6 Å². The zero-order chi connectivity index (χ0) is 22.9. The van der Waals surface area contributed by atoms with Crippen LogP contribution in [0.1, 0.15) is 35.8 Å². The number of nitrogens with two attached hydrogens (primary N) is 1. The molecule has 6 heteroatoms. The van der Waals surface area contributed by atoms with Gasteiger partial charge < -0.3 is 5.73 Å². The van der Waals surface area contributed by atoms with Gasteiger partial charge in [0.15, 0.2) is 5.78 Å². The molecular formula is C27H21FN4O. The summed E-state index contributed by atoms with van der Waals surface area (Å²) in [5.41, 5.74) is 10.6. The first kappa shape index (κ1) is 20.7. The van der Waals surface area contributed by atoms with Crippen LogP contribution in [0, 0.1) is 17.1 Å². The number of hydrogen-bond acceptors (Lipinski definition) is 5. The largest absolute Gasteiger partial charge is 0.384 e. The van der Waals surface area contributed by atoms with E-state index in [-0.39, 0.29) is 28.9 Å². The average molecular weight is 436 g/mol. The number of rotatable bonds is 3. The highest BCUT2D eigenvalue weighted by molar-refractivity contribution is 6.01. The minimum absolute atomic E-state index is 0.0121. The van der Waals surface area contributed by atoms with Crippen molar-refractivity contribution in [2.45, 2.75) is 24.7 Å². The minimum atomic E-state index is -0.636. The summed E-state index contributed by atoms with van der Waals surface area (Å²) in [5, 5.41) is 10.1. The summed E-state index contributed by atoms with van der Waals surface area (Å²) in [4.78, 5) is 19.7. The number of carbonyl (C=O) groups excluding carboxylic acids is 1. The third-order valence-electron chi connectivity index (χ3n) is 6.35. The van der Waals surface area contributed by atoms with E-state index in [0.717, 1.165) is 11.3 Å². The van der Waals surface area contributed by atoms with Gasteiger partial charge in [-0.15, -0.1) is 0 Å². The lowest BCUT2D eigenvalue weighted by molar-refractivity contribution is -0.116. The van der Waals surface area contributed by atoms with Crippen LogP contribution in [0.2, 0.25) is 0 Å². The fourth-order valence-corrected chi connectivity index (χ4v) is 4.86. The van der Waals surface area contributed by atoms with E-state index < -0.39 is 5.92 Å². The molecule has 0 saturated carbocycles. The number of aromatic nitrogens is 1. The molecule has 1 aliphatic carbocycles. The van der Waals surface area contributed by atoms with Crippen molar-refractivity contribution in [2.24, 2.45) is 5.73 Å². The Morgan fingerprint density at radius 2 is 1.76 bits per heavy atom. The number of carbonyl (C=O) groups is 1. The van der Waals surface area contributed by atoms with Crippen LogP contribution in [0.5, 0.6) is 0 Å². The topological polar surface area (TPSA) is 83.0 Å². The van der Waals surface area contributed by atoms with Gasteiger partial charge in [0.2, 0.25) is 0 Å². The van der Waals surface area contributed by atoms with Gasteiger partial charge in [0.25, 0.3) is 0 Å². The molecule has 162 valence electrons. The Labute approximate surface area is 191 Å². The van der Waals surface area contributed by atoms with Crippen LogP contribution in [0.15, 0.2) is 102 Å². The van der Waals surface area contributed by atoms with Crippen LogP contribution >= 0.6 is 0 Å². The predicted molar refractivity (Wildman–Crippen MR) is 123 cm³/mol. The lowest BCUT2D eigenvalue weighted by Gasteiger charge is -2.41. The molecule has 5 nitrogen and oxygen atoms in total. The van der Waals surface area contributed by atoms with Gasteiger partial charge in [-0.05, 0) is 47.7 Å². The van der Waals surface area contributed by atoms with Crippen molar-refractivity contribution in [1.82, 2.24) is 4.98 Å². The van der Waals surface area contributed by atoms with Crippen molar-refractivity contribution in [3.05, 3.63) is 119 Å². The maximum atomic E-state index is 13.7. The molecule has 0 spiro atoms. The molecule has 1 aromatic heterocycles. The summed E-state index contributed by atoms with van der Waals surface area (Å²) in [6.45, 7) is 0. The number of halogens is 1. The lowest BCUT2D eigenvalue weighted by atomic mass is 9.72. The molecule has 0 radical (unpaired) electrons. The van der Waals surface area contributed by atoms with E-state index in [4.69, 9.17) is 5.73 Å². The van der Waals surface area contributed by atoms with E-state index in [1.165, 1.54) is 12.1 Å². The zero-order valence-corrected chi connectivity index (χ0v) is 17.8. The fraction of sp³-hybridized carbons (Fsp3) is 0.148. The van der Waals surface area contributed by atoms with Gasteiger partial charge >= 0.3 is 0 Å². The normalized spacial score (nSPS) is 20.5. The highest BCUT2D eigenvalue weighted by Crippen LogP contribution is 2.48. The van der Waals surface area contributed by atoms with E-state index in [1.54, 1.807) is 35.5 Å². The first-order valence-corrected chi connectivity index (χ1v) is 10.7. The van der Waals surface area contributed by atoms with Crippen molar-refractivity contribution in [2.75, 3.05) is 4.90 Å². The summed E-state index contributed by atoms with van der Waals surface area (Å²) < 4.78 is 13.6. The number of allylic oxidation sites excluding steroid dienone is 3. The van der Waals surface area contributed by atoms with Crippen molar-refractivity contribution >= 4 is 11.5 Å². The second-order valence-corrected chi connectivity index (χ2v) is 8.24. The molecule has 5 rings (SSSR count). The van der Waals surface area contributed by atoms with Crippen molar-refractivity contribution in [1.29, 1.82) is 5.26 Å². The van der Waals surface area contributed by atoms with Crippen LogP contribution < -0.4 is 10.6 Å². The molecule has 0 amide bonds. The zero-order valence-electron chi connectivity index (χ0n) is 17.8. The summed E-state index contributed by atoms with van der Waals surface area (Å²) in [5.74, 6) is -0.798. The fourth-order valence-electron chi connectivity index (χ4n) is 4.86. The van der Waals surface area contributed by atoms with Crippen LogP contribution in [0.4, 0.5) is 10.1 Å². The maximum absolute atomic E-state index is 13.7. The monoisotopic (exact) mass is 436 g/mol. The summed E-state index contributed by atoms with van der Waals surface area (Å²) in [6.07, 6.45) is 4.24. The highest BCUT2D eigenvalue weighted by Gasteiger charge is 2.42. The smallest absolute Gasteiger partial charge is 0.162 e. The Balaban J connectivity index is 1.72. The molecular weight excluding hydrogens is 415 g/mol. The van der Waals surface area contributed by atoms with E-state index in [1.807, 2.05) is 36.4 Å². The molecule has 2 aromatic carbocycles. The van der Waals surface area contributed by atoms with Gasteiger partial charge in [0.05, 0.1) is 29.4 Å². The third kappa shape index (κ3) is 3.58. The molecule has 3 aromatic rings. The Morgan fingerprint density at radius 1 is 1.00 bits per heavy atom. The van der Waals surface area contributed by atoms with Crippen LogP contribution in [-0.2, 0) is 4.79 Å². The molecule has 0 saturated heterocycles. The minimum Gasteiger partial charge on any atom is -0.384 e. The first-order valence-electron chi connectivity index (χ1n) is 10.7. The Morgan fingerprint density at radius 3 is 2.42 bits per heavy atom. The standard InChI is InChI=1S/C27H21FN4O/c28-20-10-8-18(9-11-20)25-22(15-29)27(30)32(21-7-4-12-31-16-21)23-13-19(14-24(33)26(23)25)17-5-2-1-3-6-17/h1-12,16,19,25H,13-14,30H2/t19-,25+/m0/s1. The maximum Gasteiger partial charge on any atom is 0.162 e. The predicted octanol–water partition coefficient (Wildman–Crippen LogP) is 4.92. The van der Waals surface area contributed by atoms with Crippen LogP contribution in [0.3, 0.4) is 0 Å². The lowest BCUT2D eigenvalue weighted by Crippen LogP contribution is -2.40. The molecule has 33 heavy (non-hydrogen) atoms. The van der Waals surface area contributed by atoms with E-state index in [9.17, 15) is 14.4 Å². The van der Waals surface area contributed by atoms with Gasteiger partial charge in [-0.25, -0.2) is 4.39 Å². The van der Waals surface area contributed by atoms with E-state index in [0.29, 0.717) is 29.7 Å². The summed E-state index contributed by atoms with van der Waals surface area (Å²) >= 11 is 0.